The summed E-state index contributed by atoms with van der Waals surface area (Å²) in [6.45, 7) is 2.97. The number of thiophene rings is 1. The second-order valence-electron chi connectivity index (χ2n) is 4.52. The van der Waals surface area contributed by atoms with Gasteiger partial charge in [0.2, 0.25) is 0 Å². The van der Waals surface area contributed by atoms with E-state index in [4.69, 9.17) is 0 Å². The van der Waals surface area contributed by atoms with E-state index in [0.29, 0.717) is 16.0 Å². The third-order valence-electron chi connectivity index (χ3n) is 2.91. The van der Waals surface area contributed by atoms with Gasteiger partial charge in [-0.3, -0.25) is 4.72 Å². The van der Waals surface area contributed by atoms with E-state index in [-0.39, 0.29) is 21.7 Å². The molecule has 2 aromatic rings. The molecule has 114 valence electrons. The van der Waals surface area contributed by atoms with Crippen molar-refractivity contribution in [2.45, 2.75) is 25.3 Å². The lowest BCUT2D eigenvalue weighted by atomic mass is 10.2. The zero-order chi connectivity index (χ0) is 15.8. The number of hydrogen-bond acceptors (Lipinski definition) is 4. The van der Waals surface area contributed by atoms with Crippen molar-refractivity contribution >= 4 is 43.0 Å². The van der Waals surface area contributed by atoms with Crippen LogP contribution >= 0.6 is 27.3 Å². The van der Waals surface area contributed by atoms with Gasteiger partial charge in [0.1, 0.15) is 10.7 Å². The predicted molar refractivity (Wildman–Crippen MR) is 84.6 cm³/mol. The van der Waals surface area contributed by atoms with Gasteiger partial charge in [0, 0.05) is 0 Å². The monoisotopic (exact) mass is 393 g/mol. The van der Waals surface area contributed by atoms with Crippen LogP contribution in [0.1, 0.15) is 16.0 Å². The molecule has 4 nitrogen and oxygen atoms in total. The van der Waals surface area contributed by atoms with E-state index < -0.39 is 15.8 Å². The summed E-state index contributed by atoms with van der Waals surface area (Å²) >= 11 is 4.22. The second kappa shape index (κ2) is 6.04. The Morgan fingerprint density at radius 3 is 2.62 bits per heavy atom. The third-order valence-corrected chi connectivity index (χ3v) is 6.33. The van der Waals surface area contributed by atoms with Crippen LogP contribution in [0.4, 0.5) is 10.1 Å². The number of aliphatic hydroxyl groups excluding tert-OH is 1. The predicted octanol–water partition coefficient (Wildman–Crippen LogP) is 3.56. The number of nitrogens with one attached hydrogen (secondary N) is 1. The Kier molecular flexibility index (Phi) is 4.72. The van der Waals surface area contributed by atoms with Crippen molar-refractivity contribution in [3.8, 4) is 0 Å². The number of aliphatic hydroxyl groups is 1. The third kappa shape index (κ3) is 3.28. The number of sulfonamides is 1. The average Bonchev–Trinajstić information content (AvgIpc) is 2.77. The van der Waals surface area contributed by atoms with Crippen LogP contribution in [0.5, 0.6) is 0 Å². The summed E-state index contributed by atoms with van der Waals surface area (Å²) in [6.07, 6.45) is 0. The summed E-state index contributed by atoms with van der Waals surface area (Å²) in [5.74, 6) is -0.553. The molecule has 0 bridgehead atoms. The molecule has 0 aliphatic heterocycles. The van der Waals surface area contributed by atoms with E-state index in [0.717, 1.165) is 6.07 Å². The summed E-state index contributed by atoms with van der Waals surface area (Å²) < 4.78 is 41.2. The first-order valence-corrected chi connectivity index (χ1v) is 9.08. The molecule has 21 heavy (non-hydrogen) atoms. The lowest BCUT2D eigenvalue weighted by Gasteiger charge is -2.12. The lowest BCUT2D eigenvalue weighted by molar-refractivity contribution is 0.282. The highest BCUT2D eigenvalue weighted by Crippen LogP contribution is 2.30. The molecule has 0 aliphatic rings. The molecule has 0 atom stereocenters. The van der Waals surface area contributed by atoms with Crippen molar-refractivity contribution in [2.24, 2.45) is 0 Å². The maximum atomic E-state index is 13.6. The van der Waals surface area contributed by atoms with Crippen molar-refractivity contribution in [1.82, 2.24) is 0 Å². The van der Waals surface area contributed by atoms with E-state index in [1.54, 1.807) is 19.2 Å². The van der Waals surface area contributed by atoms with Crippen LogP contribution in [0.3, 0.4) is 0 Å². The first-order valence-electron chi connectivity index (χ1n) is 5.92. The Balaban J connectivity index is 2.47. The SMILES string of the molecule is Cc1cc(Br)c(F)cc1NS(=O)(=O)c1c(C)csc1CO. The van der Waals surface area contributed by atoms with Gasteiger partial charge >= 0.3 is 0 Å². The number of aryl methyl sites for hydroxylation is 2. The summed E-state index contributed by atoms with van der Waals surface area (Å²) in [6, 6.07) is 2.62. The van der Waals surface area contributed by atoms with Gasteiger partial charge in [-0.05, 0) is 58.4 Å². The van der Waals surface area contributed by atoms with Gasteiger partial charge in [0.25, 0.3) is 10.0 Å². The standard InChI is InChI=1S/C13H13BrFNO3S2/c1-7-3-9(14)10(15)4-11(7)16-21(18,19)13-8(2)6-20-12(13)5-17/h3-4,6,16-17H,5H2,1-2H3. The van der Waals surface area contributed by atoms with Gasteiger partial charge in [-0.2, -0.15) is 0 Å². The molecule has 0 saturated carbocycles. The summed E-state index contributed by atoms with van der Waals surface area (Å²) in [7, 11) is -3.88. The normalized spacial score (nSPS) is 11.7. The molecule has 0 aliphatic carbocycles. The Hall–Kier alpha value is -0.960. The van der Waals surface area contributed by atoms with Crippen LogP contribution in [-0.2, 0) is 16.6 Å². The fourth-order valence-corrected chi connectivity index (χ4v) is 5.15. The number of hydrogen-bond donors (Lipinski definition) is 2. The molecule has 2 rings (SSSR count). The highest BCUT2D eigenvalue weighted by atomic mass is 79.9. The van der Waals surface area contributed by atoms with Crippen LogP contribution in [0.25, 0.3) is 0 Å². The second-order valence-corrected chi connectivity index (χ2v) is 7.95. The molecule has 2 N–H and O–H groups in total. The molecule has 0 fully saturated rings. The highest BCUT2D eigenvalue weighted by molar-refractivity contribution is 9.10. The molecule has 0 radical (unpaired) electrons. The van der Waals surface area contributed by atoms with Crippen molar-refractivity contribution in [1.29, 1.82) is 0 Å². The van der Waals surface area contributed by atoms with Gasteiger partial charge in [-0.25, -0.2) is 12.8 Å². The average molecular weight is 394 g/mol. The van der Waals surface area contributed by atoms with Crippen molar-refractivity contribution in [3.63, 3.8) is 0 Å². The summed E-state index contributed by atoms with van der Waals surface area (Å²) in [5.41, 5.74) is 1.31. The van der Waals surface area contributed by atoms with Crippen LogP contribution in [-0.4, -0.2) is 13.5 Å². The molecule has 8 heteroatoms. The minimum atomic E-state index is -3.88. The van der Waals surface area contributed by atoms with Gasteiger partial charge in [0.05, 0.1) is 21.6 Å². The zero-order valence-corrected chi connectivity index (χ0v) is 14.5. The minimum Gasteiger partial charge on any atom is -0.391 e. The Labute approximate surface area is 134 Å². The van der Waals surface area contributed by atoms with Crippen LogP contribution in [0, 0.1) is 19.7 Å². The Morgan fingerprint density at radius 2 is 2.00 bits per heavy atom. The molecular weight excluding hydrogens is 381 g/mol. The summed E-state index contributed by atoms with van der Waals surface area (Å²) in [5, 5.41) is 10.9. The smallest absolute Gasteiger partial charge is 0.263 e. The van der Waals surface area contributed by atoms with Gasteiger partial charge in [-0.1, -0.05) is 0 Å². The fraction of sp³-hybridized carbons (Fsp3) is 0.231. The fourth-order valence-electron chi connectivity index (χ4n) is 1.91. The van der Waals surface area contributed by atoms with Crippen LogP contribution in [0.2, 0.25) is 0 Å². The van der Waals surface area contributed by atoms with Gasteiger partial charge in [-0.15, -0.1) is 11.3 Å². The molecular formula is C13H13BrFNO3S2. The summed E-state index contributed by atoms with van der Waals surface area (Å²) in [4.78, 5) is 0.410. The first kappa shape index (κ1) is 16.4. The first-order chi connectivity index (χ1) is 9.76. The molecule has 0 saturated heterocycles. The highest BCUT2D eigenvalue weighted by Gasteiger charge is 2.23. The number of benzene rings is 1. The zero-order valence-electron chi connectivity index (χ0n) is 11.3. The largest absolute Gasteiger partial charge is 0.391 e. The number of rotatable bonds is 4. The molecule has 0 amide bonds. The maximum absolute atomic E-state index is 13.6. The molecule has 0 spiro atoms. The van der Waals surface area contributed by atoms with E-state index in [1.807, 2.05) is 0 Å². The van der Waals surface area contributed by atoms with Crippen molar-refractivity contribution in [2.75, 3.05) is 4.72 Å². The van der Waals surface area contributed by atoms with Crippen molar-refractivity contribution in [3.05, 3.63) is 43.8 Å². The van der Waals surface area contributed by atoms with Crippen LogP contribution < -0.4 is 4.72 Å². The molecule has 1 aromatic heterocycles. The molecule has 0 unspecified atom stereocenters. The molecule has 1 heterocycles. The lowest BCUT2D eigenvalue weighted by Crippen LogP contribution is -2.16. The topological polar surface area (TPSA) is 66.4 Å². The molecule has 1 aromatic carbocycles. The Morgan fingerprint density at radius 1 is 1.33 bits per heavy atom. The van der Waals surface area contributed by atoms with E-state index >= 15 is 0 Å². The van der Waals surface area contributed by atoms with E-state index in [9.17, 15) is 17.9 Å². The Bertz CT molecular complexity index is 787. The van der Waals surface area contributed by atoms with Gasteiger partial charge in [0.15, 0.2) is 0 Å². The number of halogens is 2. The van der Waals surface area contributed by atoms with Gasteiger partial charge < -0.3 is 5.11 Å². The maximum Gasteiger partial charge on any atom is 0.263 e. The van der Waals surface area contributed by atoms with E-state index in [2.05, 4.69) is 20.7 Å². The number of anilines is 1. The minimum absolute atomic E-state index is 0.0535. The van der Waals surface area contributed by atoms with Crippen molar-refractivity contribution < 1.29 is 17.9 Å². The van der Waals surface area contributed by atoms with E-state index in [1.165, 1.54) is 17.4 Å². The van der Waals surface area contributed by atoms with Crippen LogP contribution in [0.15, 0.2) is 26.9 Å². The quantitative estimate of drug-likeness (QED) is 0.834.